The van der Waals surface area contributed by atoms with Crippen LogP contribution in [0.3, 0.4) is 0 Å². The molecule has 0 rings (SSSR count). The van der Waals surface area contributed by atoms with Crippen LogP contribution < -0.4 is 5.32 Å². The Morgan fingerprint density at radius 3 is 2.26 bits per heavy atom. The van der Waals surface area contributed by atoms with Gasteiger partial charge >= 0.3 is 5.97 Å². The van der Waals surface area contributed by atoms with Gasteiger partial charge < -0.3 is 20.2 Å². The van der Waals surface area contributed by atoms with Gasteiger partial charge in [0.2, 0.25) is 0 Å². The maximum absolute atomic E-state index is 11.2. The number of nitrogens with zero attached hydrogens (tertiary/aromatic N) is 2. The second-order valence-corrected chi connectivity index (χ2v) is 5.64. The van der Waals surface area contributed by atoms with Crippen molar-refractivity contribution in [2.45, 2.75) is 38.6 Å². The molecule has 19 heavy (non-hydrogen) atoms. The van der Waals surface area contributed by atoms with Gasteiger partial charge in [-0.15, -0.1) is 0 Å². The van der Waals surface area contributed by atoms with E-state index < -0.39 is 11.5 Å². The predicted octanol–water partition coefficient (Wildman–Crippen LogP) is 1.10. The fourth-order valence-corrected chi connectivity index (χ4v) is 1.99. The smallest absolute Gasteiger partial charge is 0.323 e. The number of carboxylic acid groups (broad SMARTS) is 1. The number of hydrogen-bond acceptors (Lipinski definition) is 4. The molecule has 0 radical (unpaired) electrons. The largest absolute Gasteiger partial charge is 0.480 e. The highest BCUT2D eigenvalue weighted by Gasteiger charge is 2.30. The van der Waals surface area contributed by atoms with Crippen LogP contribution in [-0.4, -0.2) is 73.7 Å². The van der Waals surface area contributed by atoms with Crippen molar-refractivity contribution in [3.8, 4) is 0 Å². The minimum atomic E-state index is -0.806. The first kappa shape index (κ1) is 18.4. The van der Waals surface area contributed by atoms with Crippen LogP contribution in [0.4, 0.5) is 0 Å². The van der Waals surface area contributed by atoms with Crippen molar-refractivity contribution in [3.05, 3.63) is 0 Å². The molecule has 0 aliphatic carbocycles. The molecule has 0 spiro atoms. The molecule has 0 heterocycles. The highest BCUT2D eigenvalue weighted by molar-refractivity contribution is 5.78. The number of rotatable bonds is 11. The topological polar surface area (TPSA) is 55.8 Å². The average molecular weight is 273 g/mol. The highest BCUT2D eigenvalue weighted by Crippen LogP contribution is 2.12. The van der Waals surface area contributed by atoms with Crippen molar-refractivity contribution in [3.63, 3.8) is 0 Å². The number of carbonyl (C=O) groups is 1. The van der Waals surface area contributed by atoms with Crippen molar-refractivity contribution in [2.24, 2.45) is 0 Å². The quantitative estimate of drug-likeness (QED) is 0.590. The Hall–Kier alpha value is -0.650. The fraction of sp³-hybridized carbons (Fsp3) is 0.929. The standard InChI is InChI=1S/C14H31N3O2/c1-6-9-17(12-11-16(4)5)10-7-8-14(2,15-3)13(18)19/h15H,6-12H2,1-5H3,(H,18,19). The first-order valence-corrected chi connectivity index (χ1v) is 7.15. The summed E-state index contributed by atoms with van der Waals surface area (Å²) < 4.78 is 0. The van der Waals surface area contributed by atoms with Gasteiger partial charge in [-0.2, -0.15) is 0 Å². The van der Waals surface area contributed by atoms with Gasteiger partial charge in [-0.1, -0.05) is 6.92 Å². The molecule has 0 aromatic carbocycles. The lowest BCUT2D eigenvalue weighted by molar-refractivity contribution is -0.144. The van der Waals surface area contributed by atoms with E-state index in [-0.39, 0.29) is 0 Å². The summed E-state index contributed by atoms with van der Waals surface area (Å²) in [6, 6.07) is 0. The minimum absolute atomic E-state index is 0.654. The van der Waals surface area contributed by atoms with Crippen LogP contribution >= 0.6 is 0 Å². The van der Waals surface area contributed by atoms with Gasteiger partial charge in [0.15, 0.2) is 0 Å². The minimum Gasteiger partial charge on any atom is -0.480 e. The van der Waals surface area contributed by atoms with Crippen LogP contribution in [0.2, 0.25) is 0 Å². The van der Waals surface area contributed by atoms with Crippen molar-refractivity contribution in [1.29, 1.82) is 0 Å². The van der Waals surface area contributed by atoms with Crippen LogP contribution in [0, 0.1) is 0 Å². The Bertz CT molecular complexity index is 259. The van der Waals surface area contributed by atoms with Crippen molar-refractivity contribution in [2.75, 3.05) is 47.3 Å². The molecule has 0 saturated heterocycles. The normalized spacial score (nSPS) is 14.9. The molecule has 5 heteroatoms. The Morgan fingerprint density at radius 1 is 1.21 bits per heavy atom. The lowest BCUT2D eigenvalue weighted by atomic mass is 9.96. The molecule has 5 nitrogen and oxygen atoms in total. The first-order chi connectivity index (χ1) is 8.85. The molecular formula is C14H31N3O2. The second kappa shape index (κ2) is 9.28. The number of likely N-dealkylation sites (N-methyl/N-ethyl adjacent to an activating group) is 2. The Morgan fingerprint density at radius 2 is 1.84 bits per heavy atom. The summed E-state index contributed by atoms with van der Waals surface area (Å²) in [6.07, 6.45) is 2.69. The van der Waals surface area contributed by atoms with E-state index in [1.807, 2.05) is 0 Å². The Kier molecular flexibility index (Phi) is 8.97. The van der Waals surface area contributed by atoms with Crippen LogP contribution in [0.5, 0.6) is 0 Å². The molecule has 0 bridgehead atoms. The van der Waals surface area contributed by atoms with E-state index in [0.717, 1.165) is 39.0 Å². The van der Waals surface area contributed by atoms with Gasteiger partial charge in [-0.05, 0) is 60.4 Å². The van der Waals surface area contributed by atoms with Crippen LogP contribution in [0.25, 0.3) is 0 Å². The van der Waals surface area contributed by atoms with Crippen molar-refractivity contribution >= 4 is 5.97 Å². The number of aliphatic carboxylic acids is 1. The molecule has 0 aliphatic rings. The predicted molar refractivity (Wildman–Crippen MR) is 79.6 cm³/mol. The summed E-state index contributed by atoms with van der Waals surface area (Å²) in [5, 5.41) is 12.1. The molecule has 1 unspecified atom stereocenters. The Balaban J connectivity index is 4.13. The molecule has 0 fully saturated rings. The van der Waals surface area contributed by atoms with Gasteiger partial charge in [0, 0.05) is 13.1 Å². The molecular weight excluding hydrogens is 242 g/mol. The third kappa shape index (κ3) is 7.50. The van der Waals surface area contributed by atoms with E-state index in [1.165, 1.54) is 0 Å². The van der Waals surface area contributed by atoms with E-state index >= 15 is 0 Å². The first-order valence-electron chi connectivity index (χ1n) is 7.15. The fourth-order valence-electron chi connectivity index (χ4n) is 1.99. The van der Waals surface area contributed by atoms with Crippen molar-refractivity contribution in [1.82, 2.24) is 15.1 Å². The lowest BCUT2D eigenvalue weighted by Crippen LogP contribution is -2.48. The van der Waals surface area contributed by atoms with E-state index in [4.69, 9.17) is 0 Å². The monoisotopic (exact) mass is 273 g/mol. The molecule has 114 valence electrons. The van der Waals surface area contributed by atoms with Gasteiger partial charge in [-0.3, -0.25) is 4.79 Å². The third-order valence-electron chi connectivity index (χ3n) is 3.58. The zero-order valence-corrected chi connectivity index (χ0v) is 13.2. The van der Waals surface area contributed by atoms with Crippen LogP contribution in [0.1, 0.15) is 33.1 Å². The van der Waals surface area contributed by atoms with Gasteiger partial charge in [0.25, 0.3) is 0 Å². The number of nitrogens with one attached hydrogen (secondary N) is 1. The molecule has 1 atom stereocenters. The summed E-state index contributed by atoms with van der Waals surface area (Å²) in [5.74, 6) is -0.773. The maximum atomic E-state index is 11.2. The zero-order valence-electron chi connectivity index (χ0n) is 13.2. The van der Waals surface area contributed by atoms with Crippen LogP contribution in [-0.2, 0) is 4.79 Å². The van der Waals surface area contributed by atoms with Gasteiger partial charge in [-0.25, -0.2) is 0 Å². The number of carboxylic acids is 1. The molecule has 0 aromatic rings. The highest BCUT2D eigenvalue weighted by atomic mass is 16.4. The summed E-state index contributed by atoms with van der Waals surface area (Å²) in [7, 11) is 5.86. The lowest BCUT2D eigenvalue weighted by Gasteiger charge is -2.27. The molecule has 0 amide bonds. The molecule has 0 saturated carbocycles. The van der Waals surface area contributed by atoms with E-state index in [9.17, 15) is 9.90 Å². The van der Waals surface area contributed by atoms with Gasteiger partial charge in [0.1, 0.15) is 5.54 Å². The maximum Gasteiger partial charge on any atom is 0.323 e. The summed E-state index contributed by atoms with van der Waals surface area (Å²) in [4.78, 5) is 15.8. The average Bonchev–Trinajstić information content (AvgIpc) is 2.35. The summed E-state index contributed by atoms with van der Waals surface area (Å²) >= 11 is 0. The van der Waals surface area contributed by atoms with Crippen LogP contribution in [0.15, 0.2) is 0 Å². The van der Waals surface area contributed by atoms with E-state index in [1.54, 1.807) is 14.0 Å². The molecule has 0 aromatic heterocycles. The second-order valence-electron chi connectivity index (χ2n) is 5.64. The molecule has 2 N–H and O–H groups in total. The number of hydrogen-bond donors (Lipinski definition) is 2. The third-order valence-corrected chi connectivity index (χ3v) is 3.58. The van der Waals surface area contributed by atoms with Gasteiger partial charge in [0.05, 0.1) is 0 Å². The molecule has 0 aliphatic heterocycles. The summed E-state index contributed by atoms with van der Waals surface area (Å²) in [5.41, 5.74) is -0.806. The summed E-state index contributed by atoms with van der Waals surface area (Å²) in [6.45, 7) is 8.06. The van der Waals surface area contributed by atoms with E-state index in [0.29, 0.717) is 6.42 Å². The van der Waals surface area contributed by atoms with E-state index in [2.05, 4.69) is 36.1 Å². The zero-order chi connectivity index (χ0) is 14.9. The Labute approximate surface area is 118 Å². The SMILES string of the molecule is CCCN(CCCC(C)(NC)C(=O)O)CCN(C)C. The van der Waals surface area contributed by atoms with Crippen molar-refractivity contribution < 1.29 is 9.90 Å².